The third-order valence-corrected chi connectivity index (χ3v) is 5.00. The van der Waals surface area contributed by atoms with Crippen LogP contribution in [0.25, 0.3) is 0 Å². The fourth-order valence-electron chi connectivity index (χ4n) is 2.15. The second-order valence-electron chi connectivity index (χ2n) is 6.16. The van der Waals surface area contributed by atoms with Crippen molar-refractivity contribution in [3.05, 3.63) is 78.4 Å². The van der Waals surface area contributed by atoms with E-state index < -0.39 is 15.4 Å². The van der Waals surface area contributed by atoms with E-state index in [-0.39, 0.29) is 4.90 Å². The van der Waals surface area contributed by atoms with E-state index in [2.05, 4.69) is 16.5 Å². The minimum atomic E-state index is -3.72. The molecule has 126 valence electrons. The Morgan fingerprint density at radius 2 is 1.67 bits per heavy atom. The molecule has 24 heavy (non-hydrogen) atoms. The molecule has 0 saturated carbocycles. The quantitative estimate of drug-likeness (QED) is 0.492. The number of hydrogen-bond acceptors (Lipinski definition) is 3. The number of aryl methyl sites for hydroxylation is 1. The van der Waals surface area contributed by atoms with Gasteiger partial charge < -0.3 is 0 Å². The lowest BCUT2D eigenvalue weighted by Gasteiger charge is -2.23. The molecule has 0 aliphatic heterocycles. The molecule has 4 nitrogen and oxygen atoms in total. The smallest absolute Gasteiger partial charge is 0.200 e. The van der Waals surface area contributed by atoms with E-state index in [9.17, 15) is 8.42 Å². The van der Waals surface area contributed by atoms with Crippen molar-refractivity contribution in [1.29, 1.82) is 0 Å². The second-order valence-corrected chi connectivity index (χ2v) is 7.82. The highest BCUT2D eigenvalue weighted by molar-refractivity contribution is 7.89. The summed E-state index contributed by atoms with van der Waals surface area (Å²) in [7, 11) is -3.72. The highest BCUT2D eigenvalue weighted by atomic mass is 32.2. The van der Waals surface area contributed by atoms with Crippen molar-refractivity contribution in [2.45, 2.75) is 25.7 Å². The zero-order chi connectivity index (χ0) is 17.8. The summed E-state index contributed by atoms with van der Waals surface area (Å²) < 4.78 is 24.9. The molecule has 0 amide bonds. The molecule has 5 heteroatoms. The number of hydrazone groups is 1. The molecule has 0 saturated heterocycles. The third-order valence-electron chi connectivity index (χ3n) is 3.78. The monoisotopic (exact) mass is 342 g/mol. The van der Waals surface area contributed by atoms with Crippen LogP contribution in [-0.2, 0) is 10.0 Å². The molecule has 0 radical (unpaired) electrons. The molecule has 0 aliphatic rings. The first-order valence-electron chi connectivity index (χ1n) is 7.62. The van der Waals surface area contributed by atoms with Gasteiger partial charge in [-0.25, -0.2) is 0 Å². The predicted molar refractivity (Wildman–Crippen MR) is 98.5 cm³/mol. The van der Waals surface area contributed by atoms with Gasteiger partial charge in [0.1, 0.15) is 0 Å². The minimum Gasteiger partial charge on any atom is -0.200 e. The van der Waals surface area contributed by atoms with Crippen LogP contribution in [-0.4, -0.2) is 14.1 Å². The molecule has 2 aromatic rings. The maximum Gasteiger partial charge on any atom is 0.276 e. The Balaban J connectivity index is 2.41. The van der Waals surface area contributed by atoms with Crippen LogP contribution in [0.4, 0.5) is 0 Å². The topological polar surface area (TPSA) is 58.5 Å². The molecular formula is C19H22N2O2S. The number of allylic oxidation sites excluding steroid dienone is 1. The molecule has 2 rings (SSSR count). The van der Waals surface area contributed by atoms with Crippen molar-refractivity contribution >= 4 is 15.7 Å². The summed E-state index contributed by atoms with van der Waals surface area (Å²) in [6.07, 6.45) is 1.75. The highest BCUT2D eigenvalue weighted by Crippen LogP contribution is 2.24. The summed E-state index contributed by atoms with van der Waals surface area (Å²) in [6, 6.07) is 16.1. The van der Waals surface area contributed by atoms with Gasteiger partial charge in [0.2, 0.25) is 0 Å². The van der Waals surface area contributed by atoms with Crippen molar-refractivity contribution in [2.24, 2.45) is 10.5 Å². The first-order valence-corrected chi connectivity index (χ1v) is 9.10. The van der Waals surface area contributed by atoms with E-state index in [0.29, 0.717) is 5.71 Å². The zero-order valence-corrected chi connectivity index (χ0v) is 15.0. The van der Waals surface area contributed by atoms with E-state index in [0.717, 1.165) is 11.1 Å². The maximum absolute atomic E-state index is 12.5. The van der Waals surface area contributed by atoms with Gasteiger partial charge in [0, 0.05) is 5.41 Å². The Bertz CT molecular complexity index is 837. The number of rotatable bonds is 6. The van der Waals surface area contributed by atoms with Crippen LogP contribution < -0.4 is 4.83 Å². The molecule has 0 aromatic heterocycles. The molecule has 0 aliphatic carbocycles. The molecule has 0 bridgehead atoms. The van der Waals surface area contributed by atoms with Crippen molar-refractivity contribution in [3.8, 4) is 0 Å². The number of nitrogens with one attached hydrogen (secondary N) is 1. The molecule has 0 fully saturated rings. The van der Waals surface area contributed by atoms with Crippen molar-refractivity contribution in [2.75, 3.05) is 0 Å². The lowest BCUT2D eigenvalue weighted by molar-refractivity contribution is 0.582. The van der Waals surface area contributed by atoms with Gasteiger partial charge in [-0.2, -0.15) is 18.4 Å². The number of benzene rings is 2. The Kier molecular flexibility index (Phi) is 5.24. The van der Waals surface area contributed by atoms with Crippen LogP contribution in [0.3, 0.4) is 0 Å². The Hall–Kier alpha value is -2.40. The average molecular weight is 342 g/mol. The first kappa shape index (κ1) is 17.9. The van der Waals surface area contributed by atoms with E-state index >= 15 is 0 Å². The summed E-state index contributed by atoms with van der Waals surface area (Å²) >= 11 is 0. The fraction of sp³-hybridized carbons (Fsp3) is 0.211. The Labute approximate surface area is 144 Å². The lowest BCUT2D eigenvalue weighted by atomic mass is 9.84. The summed E-state index contributed by atoms with van der Waals surface area (Å²) in [4.78, 5) is 2.53. The van der Waals surface area contributed by atoms with Crippen molar-refractivity contribution in [1.82, 2.24) is 4.83 Å². The fourth-order valence-corrected chi connectivity index (χ4v) is 2.96. The van der Waals surface area contributed by atoms with Gasteiger partial charge in [-0.1, -0.05) is 68.0 Å². The molecule has 0 atom stereocenters. The van der Waals surface area contributed by atoms with Gasteiger partial charge >= 0.3 is 0 Å². The van der Waals surface area contributed by atoms with Gasteiger partial charge in [-0.05, 0) is 24.6 Å². The standard InChI is InChI=1S/C19H22N2O2S/c1-5-19(3,4)18(16-9-7-6-8-10-16)20-21-24(22,23)17-13-11-15(2)12-14-17/h5-14,21H,1H2,2-4H3/b20-18-. The molecule has 0 spiro atoms. The van der Waals surface area contributed by atoms with Gasteiger partial charge in [0.15, 0.2) is 0 Å². The first-order chi connectivity index (χ1) is 11.3. The summed E-state index contributed by atoms with van der Waals surface area (Å²) in [5.74, 6) is 0. The van der Waals surface area contributed by atoms with Gasteiger partial charge in [-0.3, -0.25) is 0 Å². The Morgan fingerprint density at radius 1 is 1.08 bits per heavy atom. The largest absolute Gasteiger partial charge is 0.276 e. The minimum absolute atomic E-state index is 0.181. The van der Waals surface area contributed by atoms with E-state index in [4.69, 9.17) is 0 Å². The van der Waals surface area contributed by atoms with Crippen LogP contribution in [0.2, 0.25) is 0 Å². The van der Waals surface area contributed by atoms with Crippen LogP contribution in [0.5, 0.6) is 0 Å². The molecule has 2 aromatic carbocycles. The maximum atomic E-state index is 12.5. The van der Waals surface area contributed by atoms with Crippen LogP contribution in [0.1, 0.15) is 25.0 Å². The van der Waals surface area contributed by atoms with Gasteiger partial charge in [0.05, 0.1) is 10.6 Å². The van der Waals surface area contributed by atoms with Gasteiger partial charge in [-0.15, -0.1) is 6.58 Å². The summed E-state index contributed by atoms with van der Waals surface area (Å²) in [5.41, 5.74) is 1.95. The van der Waals surface area contributed by atoms with E-state index in [1.807, 2.05) is 51.1 Å². The predicted octanol–water partition coefficient (Wildman–Crippen LogP) is 3.89. The van der Waals surface area contributed by atoms with Crippen LogP contribution >= 0.6 is 0 Å². The summed E-state index contributed by atoms with van der Waals surface area (Å²) in [6.45, 7) is 9.61. The third kappa shape index (κ3) is 4.11. The Morgan fingerprint density at radius 3 is 2.21 bits per heavy atom. The van der Waals surface area contributed by atoms with E-state index in [1.165, 1.54) is 0 Å². The average Bonchev–Trinajstić information content (AvgIpc) is 2.56. The number of sulfonamides is 1. The SMILES string of the molecule is C=CC(C)(C)/C(=N\NS(=O)(=O)c1ccc(C)cc1)c1ccccc1. The van der Waals surface area contributed by atoms with Gasteiger partial charge in [0.25, 0.3) is 10.0 Å². The summed E-state index contributed by atoms with van der Waals surface area (Å²) in [5, 5.41) is 4.21. The molecule has 0 unspecified atom stereocenters. The van der Waals surface area contributed by atoms with Crippen molar-refractivity contribution < 1.29 is 8.42 Å². The lowest BCUT2D eigenvalue weighted by Crippen LogP contribution is -2.28. The zero-order valence-electron chi connectivity index (χ0n) is 14.2. The molecule has 0 heterocycles. The van der Waals surface area contributed by atoms with Crippen molar-refractivity contribution in [3.63, 3.8) is 0 Å². The highest BCUT2D eigenvalue weighted by Gasteiger charge is 2.24. The normalized spacial score (nSPS) is 12.7. The van der Waals surface area contributed by atoms with Crippen LogP contribution in [0.15, 0.2) is 77.2 Å². The molecular weight excluding hydrogens is 320 g/mol. The molecule has 1 N–H and O–H groups in total. The number of nitrogens with zero attached hydrogens (tertiary/aromatic N) is 1. The van der Waals surface area contributed by atoms with Crippen LogP contribution in [0, 0.1) is 12.3 Å². The number of hydrogen-bond donors (Lipinski definition) is 1. The second kappa shape index (κ2) is 7.01. The van der Waals surface area contributed by atoms with E-state index in [1.54, 1.807) is 30.3 Å².